The van der Waals surface area contributed by atoms with Crippen LogP contribution in [0.15, 0.2) is 12.4 Å². The summed E-state index contributed by atoms with van der Waals surface area (Å²) in [6, 6.07) is 1.77. The maximum absolute atomic E-state index is 9.12. The van der Waals surface area contributed by atoms with Gasteiger partial charge in [-0.15, -0.1) is 0 Å². The molecule has 0 aromatic carbocycles. The van der Waals surface area contributed by atoms with Crippen molar-refractivity contribution in [2.45, 2.75) is 12.8 Å². The molecular weight excluding hydrogens is 214 g/mol. The van der Waals surface area contributed by atoms with Gasteiger partial charge in [0, 0.05) is 25.8 Å². The van der Waals surface area contributed by atoms with Gasteiger partial charge in [-0.25, -0.2) is 9.97 Å². The fourth-order valence-electron chi connectivity index (χ4n) is 1.92. The summed E-state index contributed by atoms with van der Waals surface area (Å²) in [5, 5.41) is 9.59. The van der Waals surface area contributed by atoms with Crippen LogP contribution in [0.4, 0.5) is 5.82 Å². The van der Waals surface area contributed by atoms with Gasteiger partial charge in [0.2, 0.25) is 0 Å². The lowest BCUT2D eigenvalue weighted by atomic mass is 9.99. The van der Waals surface area contributed by atoms with Crippen LogP contribution in [0.25, 0.3) is 0 Å². The highest BCUT2D eigenvalue weighted by atomic mass is 35.5. The lowest BCUT2D eigenvalue weighted by Crippen LogP contribution is -2.37. The molecule has 0 aliphatic carbocycles. The molecule has 0 unspecified atom stereocenters. The van der Waals surface area contributed by atoms with Crippen molar-refractivity contribution < 1.29 is 5.11 Å². The van der Waals surface area contributed by atoms with Crippen molar-refractivity contribution >= 4 is 17.4 Å². The molecule has 2 heterocycles. The van der Waals surface area contributed by atoms with Gasteiger partial charge in [-0.3, -0.25) is 0 Å². The Labute approximate surface area is 93.9 Å². The molecule has 1 fully saturated rings. The van der Waals surface area contributed by atoms with Gasteiger partial charge in [-0.2, -0.15) is 0 Å². The first-order chi connectivity index (χ1) is 7.29. The molecule has 0 radical (unpaired) electrons. The Bertz CT molecular complexity index is 334. The number of piperidine rings is 1. The third-order valence-corrected chi connectivity index (χ3v) is 2.93. The Morgan fingerprint density at radius 2 is 2.40 bits per heavy atom. The van der Waals surface area contributed by atoms with Gasteiger partial charge in [0.1, 0.15) is 17.3 Å². The number of nitrogens with zero attached hydrogens (tertiary/aromatic N) is 3. The molecule has 0 saturated carbocycles. The Morgan fingerprint density at radius 3 is 3.13 bits per heavy atom. The van der Waals surface area contributed by atoms with Gasteiger partial charge in [0.15, 0.2) is 0 Å². The van der Waals surface area contributed by atoms with Crippen LogP contribution in [0.1, 0.15) is 12.8 Å². The SMILES string of the molecule is OC[C@@H]1CCCN(c2cc(Cl)ncn2)C1. The van der Waals surface area contributed by atoms with E-state index in [0.717, 1.165) is 31.7 Å². The van der Waals surface area contributed by atoms with Crippen LogP contribution in [0.5, 0.6) is 0 Å². The van der Waals surface area contributed by atoms with Crippen molar-refractivity contribution in [1.82, 2.24) is 9.97 Å². The van der Waals surface area contributed by atoms with E-state index in [4.69, 9.17) is 16.7 Å². The van der Waals surface area contributed by atoms with E-state index in [9.17, 15) is 0 Å². The van der Waals surface area contributed by atoms with Gasteiger partial charge in [0.05, 0.1) is 0 Å². The number of aromatic nitrogens is 2. The van der Waals surface area contributed by atoms with Gasteiger partial charge in [-0.05, 0) is 18.8 Å². The molecule has 1 aliphatic rings. The molecule has 82 valence electrons. The van der Waals surface area contributed by atoms with Crippen LogP contribution in [-0.4, -0.2) is 34.8 Å². The van der Waals surface area contributed by atoms with Crippen molar-refractivity contribution in [3.63, 3.8) is 0 Å². The summed E-state index contributed by atoms with van der Waals surface area (Å²) in [6.07, 6.45) is 3.65. The van der Waals surface area contributed by atoms with Crippen LogP contribution >= 0.6 is 11.6 Å². The molecule has 1 aromatic rings. The summed E-state index contributed by atoms with van der Waals surface area (Å²) in [7, 11) is 0. The normalized spacial score (nSPS) is 21.7. The molecule has 0 spiro atoms. The van der Waals surface area contributed by atoms with Gasteiger partial charge < -0.3 is 10.0 Å². The number of halogens is 1. The van der Waals surface area contributed by atoms with Crippen molar-refractivity contribution in [3.05, 3.63) is 17.5 Å². The Hall–Kier alpha value is -0.870. The first kappa shape index (κ1) is 10.6. The molecule has 0 amide bonds. The number of hydrogen-bond donors (Lipinski definition) is 1. The van der Waals surface area contributed by atoms with Crippen LogP contribution in [-0.2, 0) is 0 Å². The zero-order valence-corrected chi connectivity index (χ0v) is 9.19. The van der Waals surface area contributed by atoms with Crippen LogP contribution in [0.2, 0.25) is 5.15 Å². The summed E-state index contributed by atoms with van der Waals surface area (Å²) in [5.74, 6) is 1.21. The molecule has 4 nitrogen and oxygen atoms in total. The first-order valence-electron chi connectivity index (χ1n) is 5.13. The molecule has 1 aromatic heterocycles. The smallest absolute Gasteiger partial charge is 0.134 e. The summed E-state index contributed by atoms with van der Waals surface area (Å²) in [6.45, 7) is 2.07. The standard InChI is InChI=1S/C10H14ClN3O/c11-9-4-10(13-7-12-9)14-3-1-2-8(5-14)6-15/h4,7-8,15H,1-3,5-6H2/t8-/m1/s1. The molecular formula is C10H14ClN3O. The molecule has 1 N–H and O–H groups in total. The van der Waals surface area contributed by atoms with E-state index in [1.165, 1.54) is 6.33 Å². The Balaban J connectivity index is 2.09. The number of aliphatic hydroxyl groups excluding tert-OH is 1. The third-order valence-electron chi connectivity index (χ3n) is 2.72. The lowest BCUT2D eigenvalue weighted by Gasteiger charge is -2.32. The number of rotatable bonds is 2. The van der Waals surface area contributed by atoms with E-state index in [0.29, 0.717) is 11.1 Å². The number of anilines is 1. The Morgan fingerprint density at radius 1 is 1.53 bits per heavy atom. The van der Waals surface area contributed by atoms with Crippen LogP contribution < -0.4 is 4.90 Å². The highest BCUT2D eigenvalue weighted by Gasteiger charge is 2.20. The molecule has 1 atom stereocenters. The highest BCUT2D eigenvalue weighted by molar-refractivity contribution is 6.29. The average Bonchev–Trinajstić information content (AvgIpc) is 2.29. The molecule has 5 heteroatoms. The predicted octanol–water partition coefficient (Wildman–Crippen LogP) is 1.34. The largest absolute Gasteiger partial charge is 0.396 e. The Kier molecular flexibility index (Phi) is 3.38. The van der Waals surface area contributed by atoms with Crippen molar-refractivity contribution in [2.24, 2.45) is 5.92 Å². The molecule has 1 aliphatic heterocycles. The van der Waals surface area contributed by atoms with E-state index in [2.05, 4.69) is 14.9 Å². The molecule has 2 rings (SSSR count). The van der Waals surface area contributed by atoms with E-state index in [1.807, 2.05) is 0 Å². The highest BCUT2D eigenvalue weighted by Crippen LogP contribution is 2.22. The molecule has 1 saturated heterocycles. The topological polar surface area (TPSA) is 49.2 Å². The van der Waals surface area contributed by atoms with Crippen molar-refractivity contribution in [3.8, 4) is 0 Å². The second-order valence-electron chi connectivity index (χ2n) is 3.84. The van der Waals surface area contributed by atoms with Crippen LogP contribution in [0.3, 0.4) is 0 Å². The van der Waals surface area contributed by atoms with E-state index >= 15 is 0 Å². The maximum Gasteiger partial charge on any atom is 0.134 e. The lowest BCUT2D eigenvalue weighted by molar-refractivity contribution is 0.208. The van der Waals surface area contributed by atoms with Gasteiger partial charge in [-0.1, -0.05) is 11.6 Å². The average molecular weight is 228 g/mol. The summed E-state index contributed by atoms with van der Waals surface area (Å²) >= 11 is 5.81. The predicted molar refractivity (Wildman–Crippen MR) is 59.1 cm³/mol. The van der Waals surface area contributed by atoms with E-state index in [-0.39, 0.29) is 6.61 Å². The van der Waals surface area contributed by atoms with E-state index in [1.54, 1.807) is 6.07 Å². The third kappa shape index (κ3) is 2.58. The monoisotopic (exact) mass is 227 g/mol. The summed E-state index contributed by atoms with van der Waals surface area (Å²) in [5.41, 5.74) is 0. The second-order valence-corrected chi connectivity index (χ2v) is 4.22. The van der Waals surface area contributed by atoms with Crippen LogP contribution in [0, 0.1) is 5.92 Å². The first-order valence-corrected chi connectivity index (χ1v) is 5.50. The number of hydrogen-bond acceptors (Lipinski definition) is 4. The van der Waals surface area contributed by atoms with Crippen molar-refractivity contribution in [2.75, 3.05) is 24.6 Å². The summed E-state index contributed by atoms with van der Waals surface area (Å²) in [4.78, 5) is 10.2. The fraction of sp³-hybridized carbons (Fsp3) is 0.600. The minimum Gasteiger partial charge on any atom is -0.396 e. The molecule has 15 heavy (non-hydrogen) atoms. The van der Waals surface area contributed by atoms with Gasteiger partial charge in [0.25, 0.3) is 0 Å². The zero-order chi connectivity index (χ0) is 10.7. The maximum atomic E-state index is 9.12. The minimum atomic E-state index is 0.245. The van der Waals surface area contributed by atoms with Gasteiger partial charge >= 0.3 is 0 Å². The molecule has 0 bridgehead atoms. The number of aliphatic hydroxyl groups is 1. The fourth-order valence-corrected chi connectivity index (χ4v) is 2.06. The summed E-state index contributed by atoms with van der Waals surface area (Å²) < 4.78 is 0. The quantitative estimate of drug-likeness (QED) is 0.775. The second kappa shape index (κ2) is 4.77. The zero-order valence-electron chi connectivity index (χ0n) is 8.43. The van der Waals surface area contributed by atoms with E-state index < -0.39 is 0 Å². The minimum absolute atomic E-state index is 0.245. The van der Waals surface area contributed by atoms with Crippen molar-refractivity contribution in [1.29, 1.82) is 0 Å².